The van der Waals surface area contributed by atoms with Crippen molar-refractivity contribution < 1.29 is 13.9 Å². The highest BCUT2D eigenvalue weighted by Gasteiger charge is 2.16. The van der Waals surface area contributed by atoms with Gasteiger partial charge in [0.25, 0.3) is 0 Å². The van der Waals surface area contributed by atoms with Crippen LogP contribution in [0.25, 0.3) is 22.4 Å². The number of halogens is 1. The Kier molecular flexibility index (Phi) is 4.27. The van der Waals surface area contributed by atoms with Gasteiger partial charge in [-0.3, -0.25) is 0 Å². The van der Waals surface area contributed by atoms with Crippen molar-refractivity contribution in [3.63, 3.8) is 0 Å². The van der Waals surface area contributed by atoms with E-state index in [1.54, 1.807) is 49.5 Å². The summed E-state index contributed by atoms with van der Waals surface area (Å²) >= 11 is 0. The van der Waals surface area contributed by atoms with Crippen molar-refractivity contribution in [2.24, 2.45) is 0 Å². The van der Waals surface area contributed by atoms with E-state index in [1.807, 2.05) is 18.2 Å². The minimum absolute atomic E-state index is 0.328. The lowest BCUT2D eigenvalue weighted by atomic mass is 10.1. The fourth-order valence-electron chi connectivity index (χ4n) is 3.41. The second-order valence-electron chi connectivity index (χ2n) is 6.65. The standard InChI is InChI=1S/C21H17FN6O2/c1-29-17-8-7-13(9-18(17)30-2)10-19-25-21-14-11-24-28(16-6-4-3-5-15(16)22)20(14)23-12-27(21)26-19/h3-9,11-12H,10H2,1-2H3. The van der Waals surface area contributed by atoms with Gasteiger partial charge >= 0.3 is 0 Å². The van der Waals surface area contributed by atoms with E-state index in [1.165, 1.54) is 10.7 Å². The molecule has 0 atom stereocenters. The van der Waals surface area contributed by atoms with Crippen LogP contribution >= 0.6 is 0 Å². The quantitative estimate of drug-likeness (QED) is 0.448. The van der Waals surface area contributed by atoms with Gasteiger partial charge in [-0.25, -0.2) is 23.6 Å². The maximum Gasteiger partial charge on any atom is 0.170 e. The largest absolute Gasteiger partial charge is 0.493 e. The fourth-order valence-corrected chi connectivity index (χ4v) is 3.41. The minimum Gasteiger partial charge on any atom is -0.493 e. The number of hydrogen-bond donors (Lipinski definition) is 0. The highest BCUT2D eigenvalue weighted by molar-refractivity contribution is 5.89. The topological polar surface area (TPSA) is 79.4 Å². The smallest absolute Gasteiger partial charge is 0.170 e. The molecule has 5 rings (SSSR count). The molecule has 0 aliphatic heterocycles. The van der Waals surface area contributed by atoms with E-state index >= 15 is 0 Å². The average molecular weight is 404 g/mol. The minimum atomic E-state index is -0.375. The summed E-state index contributed by atoms with van der Waals surface area (Å²) in [6.07, 6.45) is 3.69. The Hall–Kier alpha value is -4.01. The van der Waals surface area contributed by atoms with E-state index in [9.17, 15) is 4.39 Å². The molecule has 150 valence electrons. The van der Waals surface area contributed by atoms with E-state index in [0.717, 1.165) is 5.56 Å². The molecule has 3 aromatic heterocycles. The zero-order valence-corrected chi connectivity index (χ0v) is 16.3. The van der Waals surface area contributed by atoms with Crippen LogP contribution in [0.15, 0.2) is 55.0 Å². The van der Waals surface area contributed by atoms with Crippen LogP contribution in [-0.4, -0.2) is 43.6 Å². The molecular weight excluding hydrogens is 387 g/mol. The molecule has 2 aromatic carbocycles. The highest BCUT2D eigenvalue weighted by Crippen LogP contribution is 2.28. The number of rotatable bonds is 5. The maximum atomic E-state index is 14.2. The molecule has 0 bridgehead atoms. The molecule has 0 spiro atoms. The lowest BCUT2D eigenvalue weighted by molar-refractivity contribution is 0.354. The van der Waals surface area contributed by atoms with Crippen LogP contribution in [0.3, 0.4) is 0 Å². The van der Waals surface area contributed by atoms with Gasteiger partial charge in [0.15, 0.2) is 28.6 Å². The Labute approximate surface area is 170 Å². The van der Waals surface area contributed by atoms with Crippen LogP contribution in [0.2, 0.25) is 0 Å². The third-order valence-corrected chi connectivity index (χ3v) is 4.84. The maximum absolute atomic E-state index is 14.2. The van der Waals surface area contributed by atoms with E-state index in [0.29, 0.717) is 46.1 Å². The van der Waals surface area contributed by atoms with Crippen LogP contribution in [0.1, 0.15) is 11.4 Å². The third-order valence-electron chi connectivity index (χ3n) is 4.84. The normalized spacial score (nSPS) is 11.3. The second-order valence-corrected chi connectivity index (χ2v) is 6.65. The summed E-state index contributed by atoms with van der Waals surface area (Å²) in [5.41, 5.74) is 2.43. The highest BCUT2D eigenvalue weighted by atomic mass is 19.1. The number of aromatic nitrogens is 6. The molecule has 5 aromatic rings. The molecule has 3 heterocycles. The molecule has 0 N–H and O–H groups in total. The van der Waals surface area contributed by atoms with Gasteiger partial charge in [0.2, 0.25) is 0 Å². The molecule has 30 heavy (non-hydrogen) atoms. The third kappa shape index (κ3) is 2.91. The first-order chi connectivity index (χ1) is 14.7. The molecule has 0 saturated carbocycles. The van der Waals surface area contributed by atoms with Crippen LogP contribution in [0, 0.1) is 5.82 Å². The SMILES string of the molecule is COc1ccc(Cc2nc3c4cnn(-c5ccccc5F)c4ncn3n2)cc1OC. The molecule has 0 aliphatic carbocycles. The lowest BCUT2D eigenvalue weighted by Gasteiger charge is -2.08. The molecule has 9 heteroatoms. The zero-order valence-electron chi connectivity index (χ0n) is 16.3. The number of methoxy groups -OCH3 is 2. The number of ether oxygens (including phenoxy) is 2. The van der Waals surface area contributed by atoms with Crippen molar-refractivity contribution in [2.75, 3.05) is 14.2 Å². The van der Waals surface area contributed by atoms with Crippen molar-refractivity contribution in [2.45, 2.75) is 6.42 Å². The van der Waals surface area contributed by atoms with Crippen molar-refractivity contribution in [1.82, 2.24) is 29.4 Å². The summed E-state index contributed by atoms with van der Waals surface area (Å²) < 4.78 is 27.9. The summed E-state index contributed by atoms with van der Waals surface area (Å²) in [4.78, 5) is 9.07. The van der Waals surface area contributed by atoms with Gasteiger partial charge in [0.1, 0.15) is 17.8 Å². The average Bonchev–Trinajstić information content (AvgIpc) is 3.37. The molecule has 0 fully saturated rings. The Morgan fingerprint density at radius 3 is 2.63 bits per heavy atom. The van der Waals surface area contributed by atoms with Crippen LogP contribution in [0.5, 0.6) is 11.5 Å². The molecule has 0 amide bonds. The van der Waals surface area contributed by atoms with E-state index in [2.05, 4.69) is 20.2 Å². The Bertz CT molecular complexity index is 1380. The van der Waals surface area contributed by atoms with Gasteiger partial charge in [-0.2, -0.15) is 5.10 Å². The summed E-state index contributed by atoms with van der Waals surface area (Å²) in [5, 5.41) is 9.52. The monoisotopic (exact) mass is 404 g/mol. The summed E-state index contributed by atoms with van der Waals surface area (Å²) in [7, 11) is 3.20. The van der Waals surface area contributed by atoms with Gasteiger partial charge in [-0.05, 0) is 29.8 Å². The van der Waals surface area contributed by atoms with Gasteiger partial charge in [-0.15, -0.1) is 5.10 Å². The van der Waals surface area contributed by atoms with Gasteiger partial charge < -0.3 is 9.47 Å². The Balaban J connectivity index is 1.55. The number of benzene rings is 2. The first-order valence-electron chi connectivity index (χ1n) is 9.21. The van der Waals surface area contributed by atoms with E-state index in [-0.39, 0.29) is 5.82 Å². The Morgan fingerprint density at radius 2 is 1.83 bits per heavy atom. The van der Waals surface area contributed by atoms with Crippen molar-refractivity contribution in [3.05, 3.63) is 72.2 Å². The second kappa shape index (κ2) is 7.11. The van der Waals surface area contributed by atoms with E-state index < -0.39 is 0 Å². The lowest BCUT2D eigenvalue weighted by Crippen LogP contribution is -2.01. The first-order valence-corrected chi connectivity index (χ1v) is 9.21. The number of nitrogens with zero attached hydrogens (tertiary/aromatic N) is 6. The van der Waals surface area contributed by atoms with Crippen LogP contribution in [0.4, 0.5) is 4.39 Å². The van der Waals surface area contributed by atoms with Crippen molar-refractivity contribution in [1.29, 1.82) is 0 Å². The molecule has 0 unspecified atom stereocenters. The van der Waals surface area contributed by atoms with Gasteiger partial charge in [-0.1, -0.05) is 18.2 Å². The van der Waals surface area contributed by atoms with Gasteiger partial charge in [0, 0.05) is 6.42 Å². The van der Waals surface area contributed by atoms with Crippen molar-refractivity contribution in [3.8, 4) is 17.2 Å². The molecular formula is C21H17FN6O2. The molecule has 0 aliphatic rings. The van der Waals surface area contributed by atoms with Crippen LogP contribution in [-0.2, 0) is 6.42 Å². The first kappa shape index (κ1) is 18.0. The zero-order chi connectivity index (χ0) is 20.7. The summed E-state index contributed by atoms with van der Waals surface area (Å²) in [5.74, 6) is 1.56. The fraction of sp³-hybridized carbons (Fsp3) is 0.143. The predicted octanol–water partition coefficient (Wildman–Crippen LogP) is 3.21. The number of para-hydroxylation sites is 1. The number of hydrogen-bond acceptors (Lipinski definition) is 6. The summed E-state index contributed by atoms with van der Waals surface area (Å²) in [6.45, 7) is 0. The Morgan fingerprint density at radius 1 is 1.00 bits per heavy atom. The van der Waals surface area contributed by atoms with E-state index in [4.69, 9.17) is 9.47 Å². The molecule has 8 nitrogen and oxygen atoms in total. The number of fused-ring (bicyclic) bond motifs is 3. The molecule has 0 radical (unpaired) electrons. The molecule has 0 saturated heterocycles. The predicted molar refractivity (Wildman–Crippen MR) is 108 cm³/mol. The summed E-state index contributed by atoms with van der Waals surface area (Å²) in [6, 6.07) is 12.1. The van der Waals surface area contributed by atoms with Crippen LogP contribution < -0.4 is 9.47 Å². The van der Waals surface area contributed by atoms with Gasteiger partial charge in [0.05, 0.1) is 25.8 Å². The van der Waals surface area contributed by atoms with Crippen molar-refractivity contribution >= 4 is 16.7 Å².